The fraction of sp³-hybridized carbons (Fsp3) is 0.435. The molecule has 2 aromatic rings. The van der Waals surface area contributed by atoms with Gasteiger partial charge in [0.1, 0.15) is 17.6 Å². The molecule has 1 aliphatic heterocycles. The molecule has 164 valence electrons. The van der Waals surface area contributed by atoms with E-state index in [2.05, 4.69) is 46.8 Å². The van der Waals surface area contributed by atoms with Crippen LogP contribution in [0.15, 0.2) is 47.5 Å². The first kappa shape index (κ1) is 24.3. The molecule has 2 N–H and O–H groups in total. The van der Waals surface area contributed by atoms with E-state index in [9.17, 15) is 0 Å². The second kappa shape index (κ2) is 12.6. The highest BCUT2D eigenvalue weighted by atomic mass is 127. The summed E-state index contributed by atoms with van der Waals surface area (Å²) in [6.45, 7) is 4.90. The SMILES string of the molecule is CN=C(NCCc1ccccc1OC)NCc1ccc(C)cc1OC1CCOC1.I. The zero-order valence-electron chi connectivity index (χ0n) is 17.9. The Kier molecular flexibility index (Phi) is 10.2. The number of aryl methyl sites for hydroxylation is 1. The van der Waals surface area contributed by atoms with Crippen molar-refractivity contribution in [2.75, 3.05) is 33.9 Å². The number of ether oxygens (including phenoxy) is 3. The maximum atomic E-state index is 6.18. The Morgan fingerprint density at radius 3 is 2.70 bits per heavy atom. The van der Waals surface area contributed by atoms with Crippen molar-refractivity contribution in [1.82, 2.24) is 10.6 Å². The molecule has 1 fully saturated rings. The summed E-state index contributed by atoms with van der Waals surface area (Å²) in [6, 6.07) is 14.4. The molecule has 1 unspecified atom stereocenters. The molecule has 1 atom stereocenters. The Morgan fingerprint density at radius 1 is 1.13 bits per heavy atom. The summed E-state index contributed by atoms with van der Waals surface area (Å²) in [6.07, 6.45) is 1.92. The third-order valence-electron chi connectivity index (χ3n) is 4.95. The van der Waals surface area contributed by atoms with Gasteiger partial charge in [-0.15, -0.1) is 24.0 Å². The van der Waals surface area contributed by atoms with E-state index in [1.54, 1.807) is 14.2 Å². The van der Waals surface area contributed by atoms with Crippen LogP contribution in [0.4, 0.5) is 0 Å². The molecular formula is C23H32IN3O3. The molecule has 0 saturated carbocycles. The topological polar surface area (TPSA) is 64.1 Å². The summed E-state index contributed by atoms with van der Waals surface area (Å²) < 4.78 is 17.0. The third-order valence-corrected chi connectivity index (χ3v) is 4.95. The Morgan fingerprint density at radius 2 is 1.97 bits per heavy atom. The summed E-state index contributed by atoms with van der Waals surface area (Å²) in [5, 5.41) is 6.75. The number of hydrogen-bond acceptors (Lipinski definition) is 4. The number of hydrogen-bond donors (Lipinski definition) is 2. The fourth-order valence-corrected chi connectivity index (χ4v) is 3.33. The van der Waals surface area contributed by atoms with Crippen molar-refractivity contribution in [2.45, 2.75) is 32.4 Å². The van der Waals surface area contributed by atoms with Gasteiger partial charge in [-0.05, 0) is 36.6 Å². The zero-order chi connectivity index (χ0) is 20.5. The van der Waals surface area contributed by atoms with Crippen LogP contribution in [0.1, 0.15) is 23.1 Å². The first-order valence-electron chi connectivity index (χ1n) is 10.1. The average Bonchev–Trinajstić information content (AvgIpc) is 3.25. The molecule has 1 saturated heterocycles. The van der Waals surface area contributed by atoms with Crippen molar-refractivity contribution in [1.29, 1.82) is 0 Å². The summed E-state index contributed by atoms with van der Waals surface area (Å²) >= 11 is 0. The maximum Gasteiger partial charge on any atom is 0.191 e. The van der Waals surface area contributed by atoms with E-state index >= 15 is 0 Å². The molecule has 1 aliphatic rings. The van der Waals surface area contributed by atoms with Gasteiger partial charge in [-0.25, -0.2) is 0 Å². The lowest BCUT2D eigenvalue weighted by molar-refractivity contribution is 0.140. The minimum atomic E-state index is 0. The molecule has 0 bridgehead atoms. The molecule has 1 heterocycles. The van der Waals surface area contributed by atoms with Gasteiger partial charge in [0.2, 0.25) is 0 Å². The second-order valence-electron chi connectivity index (χ2n) is 7.13. The number of methoxy groups -OCH3 is 1. The Hall–Kier alpha value is -2.00. The van der Waals surface area contributed by atoms with E-state index in [1.165, 1.54) is 11.1 Å². The molecular weight excluding hydrogens is 493 g/mol. The predicted octanol–water partition coefficient (Wildman–Crippen LogP) is 3.70. The van der Waals surface area contributed by atoms with Gasteiger partial charge in [0.25, 0.3) is 0 Å². The minimum Gasteiger partial charge on any atom is -0.496 e. The van der Waals surface area contributed by atoms with Crippen LogP contribution >= 0.6 is 24.0 Å². The number of aliphatic imine (C=N–C) groups is 1. The number of guanidine groups is 1. The molecule has 0 aromatic heterocycles. The van der Waals surface area contributed by atoms with Crippen molar-refractivity contribution in [3.8, 4) is 11.5 Å². The van der Waals surface area contributed by atoms with Crippen molar-refractivity contribution in [3.63, 3.8) is 0 Å². The van der Waals surface area contributed by atoms with Gasteiger partial charge in [-0.2, -0.15) is 0 Å². The summed E-state index contributed by atoms with van der Waals surface area (Å²) in [7, 11) is 3.48. The van der Waals surface area contributed by atoms with Gasteiger partial charge in [0, 0.05) is 32.1 Å². The quantitative estimate of drug-likeness (QED) is 0.313. The van der Waals surface area contributed by atoms with Crippen LogP contribution in [0.25, 0.3) is 0 Å². The molecule has 3 rings (SSSR count). The largest absolute Gasteiger partial charge is 0.496 e. The normalized spacial score (nSPS) is 16.0. The van der Waals surface area contributed by atoms with Gasteiger partial charge in [0.15, 0.2) is 5.96 Å². The lowest BCUT2D eigenvalue weighted by Crippen LogP contribution is -2.38. The number of nitrogens with zero attached hydrogens (tertiary/aromatic N) is 1. The van der Waals surface area contributed by atoms with Crippen LogP contribution < -0.4 is 20.1 Å². The van der Waals surface area contributed by atoms with Gasteiger partial charge in [-0.1, -0.05) is 30.3 Å². The Labute approximate surface area is 196 Å². The number of benzene rings is 2. The molecule has 0 amide bonds. The third kappa shape index (κ3) is 7.05. The fourth-order valence-electron chi connectivity index (χ4n) is 3.33. The molecule has 7 heteroatoms. The first-order chi connectivity index (χ1) is 14.2. The number of para-hydroxylation sites is 1. The summed E-state index contributed by atoms with van der Waals surface area (Å²) in [5.74, 6) is 2.59. The maximum absolute atomic E-state index is 6.18. The van der Waals surface area contributed by atoms with Gasteiger partial charge in [-0.3, -0.25) is 4.99 Å². The lowest BCUT2D eigenvalue weighted by Gasteiger charge is -2.18. The second-order valence-corrected chi connectivity index (χ2v) is 7.13. The first-order valence-corrected chi connectivity index (χ1v) is 10.1. The van der Waals surface area contributed by atoms with Crippen molar-refractivity contribution >= 4 is 29.9 Å². The van der Waals surface area contributed by atoms with Crippen LogP contribution in [0, 0.1) is 6.92 Å². The molecule has 6 nitrogen and oxygen atoms in total. The van der Waals surface area contributed by atoms with E-state index in [0.717, 1.165) is 49.0 Å². The monoisotopic (exact) mass is 525 g/mol. The van der Waals surface area contributed by atoms with Crippen molar-refractivity contribution in [2.24, 2.45) is 4.99 Å². The predicted molar refractivity (Wildman–Crippen MR) is 131 cm³/mol. The smallest absolute Gasteiger partial charge is 0.191 e. The number of rotatable bonds is 8. The van der Waals surface area contributed by atoms with E-state index in [0.29, 0.717) is 13.2 Å². The van der Waals surface area contributed by atoms with Gasteiger partial charge in [0.05, 0.1) is 20.3 Å². The van der Waals surface area contributed by atoms with Gasteiger partial charge < -0.3 is 24.8 Å². The average molecular weight is 525 g/mol. The number of halogens is 1. The van der Waals surface area contributed by atoms with Crippen LogP contribution in [-0.4, -0.2) is 46.0 Å². The summed E-state index contributed by atoms with van der Waals surface area (Å²) in [4.78, 5) is 4.33. The summed E-state index contributed by atoms with van der Waals surface area (Å²) in [5.41, 5.74) is 3.46. The highest BCUT2D eigenvalue weighted by molar-refractivity contribution is 14.0. The standard InChI is InChI=1S/C23H31N3O3.HI/c1-17-8-9-19(22(14-17)29-20-11-13-28-16-20)15-26-23(24-2)25-12-10-18-6-4-5-7-21(18)27-3;/h4-9,14,20H,10-13,15-16H2,1-3H3,(H2,24,25,26);1H. The molecule has 0 aliphatic carbocycles. The molecule has 0 radical (unpaired) electrons. The van der Waals surface area contributed by atoms with Crippen LogP contribution in [0.2, 0.25) is 0 Å². The van der Waals surface area contributed by atoms with Crippen LogP contribution in [0.5, 0.6) is 11.5 Å². The van der Waals surface area contributed by atoms with Gasteiger partial charge >= 0.3 is 0 Å². The zero-order valence-corrected chi connectivity index (χ0v) is 20.3. The highest BCUT2D eigenvalue weighted by Gasteiger charge is 2.18. The van der Waals surface area contributed by atoms with Crippen molar-refractivity contribution < 1.29 is 14.2 Å². The minimum absolute atomic E-state index is 0. The van der Waals surface area contributed by atoms with Crippen molar-refractivity contribution in [3.05, 3.63) is 59.2 Å². The van der Waals surface area contributed by atoms with Crippen LogP contribution in [-0.2, 0) is 17.7 Å². The molecule has 2 aromatic carbocycles. The molecule has 30 heavy (non-hydrogen) atoms. The Bertz CT molecular complexity index is 823. The van der Waals surface area contributed by atoms with E-state index in [1.807, 2.05) is 18.2 Å². The van der Waals surface area contributed by atoms with E-state index < -0.39 is 0 Å². The highest BCUT2D eigenvalue weighted by Crippen LogP contribution is 2.24. The van der Waals surface area contributed by atoms with E-state index in [-0.39, 0.29) is 30.1 Å². The number of nitrogens with one attached hydrogen (secondary N) is 2. The van der Waals surface area contributed by atoms with E-state index in [4.69, 9.17) is 14.2 Å². The Balaban J connectivity index is 0.00000320. The lowest BCUT2D eigenvalue weighted by atomic mass is 10.1. The molecule has 0 spiro atoms. The van der Waals surface area contributed by atoms with Crippen LogP contribution in [0.3, 0.4) is 0 Å².